The zero-order valence-electron chi connectivity index (χ0n) is 17.9. The van der Waals surface area contributed by atoms with E-state index in [4.69, 9.17) is 4.74 Å². The van der Waals surface area contributed by atoms with E-state index in [0.29, 0.717) is 12.0 Å². The van der Waals surface area contributed by atoms with Gasteiger partial charge in [0.25, 0.3) is 0 Å². The van der Waals surface area contributed by atoms with E-state index >= 15 is 0 Å². The number of carbonyl (C=O) groups is 1. The molecular weight excluding hydrogens is 320 g/mol. The van der Waals surface area contributed by atoms with Crippen molar-refractivity contribution < 1.29 is 9.53 Å². The molecule has 0 bridgehead atoms. The van der Waals surface area contributed by atoms with Gasteiger partial charge < -0.3 is 9.53 Å². The summed E-state index contributed by atoms with van der Waals surface area (Å²) < 4.78 is 6.29. The lowest BCUT2D eigenvalue weighted by atomic mass is 9.90. The topological polar surface area (TPSA) is 26.3 Å². The molecule has 2 heteroatoms. The largest absolute Gasteiger partial charge is 0.378 e. The molecule has 1 aliphatic carbocycles. The summed E-state index contributed by atoms with van der Waals surface area (Å²) in [5.41, 5.74) is 0. The van der Waals surface area contributed by atoms with Gasteiger partial charge in [-0.15, -0.1) is 0 Å². The van der Waals surface area contributed by atoms with Crippen molar-refractivity contribution in [2.45, 2.75) is 129 Å². The molecule has 0 aromatic heterocycles. The molecule has 2 atom stereocenters. The molecule has 0 aromatic rings. The highest BCUT2D eigenvalue weighted by atomic mass is 16.5. The second-order valence-electron chi connectivity index (χ2n) is 8.63. The Morgan fingerprint density at radius 2 is 1.46 bits per heavy atom. The summed E-state index contributed by atoms with van der Waals surface area (Å²) in [5, 5.41) is 0. The normalized spacial score (nSPS) is 17.9. The van der Waals surface area contributed by atoms with Crippen molar-refractivity contribution in [3.8, 4) is 0 Å². The van der Waals surface area contributed by atoms with Crippen LogP contribution in [0.1, 0.15) is 123 Å². The highest BCUT2D eigenvalue weighted by Gasteiger charge is 2.18. The molecule has 0 aliphatic heterocycles. The van der Waals surface area contributed by atoms with E-state index < -0.39 is 0 Å². The van der Waals surface area contributed by atoms with Crippen LogP contribution in [0.3, 0.4) is 0 Å². The van der Waals surface area contributed by atoms with Gasteiger partial charge >= 0.3 is 0 Å². The first-order chi connectivity index (χ1) is 12.8. The van der Waals surface area contributed by atoms with Crippen LogP contribution in [-0.2, 0) is 9.53 Å². The van der Waals surface area contributed by atoms with E-state index in [1.807, 2.05) is 0 Å². The minimum Gasteiger partial charge on any atom is -0.378 e. The third-order valence-corrected chi connectivity index (χ3v) is 6.15. The van der Waals surface area contributed by atoms with Crippen LogP contribution >= 0.6 is 0 Å². The van der Waals surface area contributed by atoms with Crippen LogP contribution in [0.4, 0.5) is 0 Å². The third kappa shape index (κ3) is 12.1. The van der Waals surface area contributed by atoms with Crippen LogP contribution in [0.25, 0.3) is 0 Å². The number of ether oxygens (including phenoxy) is 1. The van der Waals surface area contributed by atoms with Gasteiger partial charge in [0, 0.05) is 12.5 Å². The van der Waals surface area contributed by atoms with E-state index in [9.17, 15) is 4.79 Å². The second-order valence-corrected chi connectivity index (χ2v) is 8.63. The minimum atomic E-state index is 0.277. The Balaban J connectivity index is 2.31. The van der Waals surface area contributed by atoms with Crippen molar-refractivity contribution in [2.24, 2.45) is 11.8 Å². The maximum atomic E-state index is 11.5. The Morgan fingerprint density at radius 1 is 0.808 bits per heavy atom. The highest BCUT2D eigenvalue weighted by molar-refractivity contribution is 5.53. The van der Waals surface area contributed by atoms with Crippen LogP contribution < -0.4 is 0 Å². The molecule has 0 radical (unpaired) electrons. The smallest absolute Gasteiger partial charge is 0.123 e. The average Bonchev–Trinajstić information content (AvgIpc) is 2.68. The Bertz CT molecular complexity index is 309. The zero-order chi connectivity index (χ0) is 18.9. The maximum absolute atomic E-state index is 11.5. The van der Waals surface area contributed by atoms with Crippen LogP contribution in [-0.4, -0.2) is 19.0 Å². The third-order valence-electron chi connectivity index (χ3n) is 6.15. The summed E-state index contributed by atoms with van der Waals surface area (Å²) in [5.74, 6) is 0.937. The molecule has 2 unspecified atom stereocenters. The van der Waals surface area contributed by atoms with Gasteiger partial charge in [-0.3, -0.25) is 0 Å². The average molecular weight is 367 g/mol. The van der Waals surface area contributed by atoms with Crippen molar-refractivity contribution in [3.05, 3.63) is 0 Å². The lowest BCUT2D eigenvalue weighted by molar-refractivity contribution is -0.111. The predicted octanol–water partition coefficient (Wildman–Crippen LogP) is 7.49. The summed E-state index contributed by atoms with van der Waals surface area (Å²) in [4.78, 5) is 11.5. The molecule has 26 heavy (non-hydrogen) atoms. The van der Waals surface area contributed by atoms with Gasteiger partial charge in [0.05, 0.1) is 6.10 Å². The number of rotatable bonds is 17. The molecule has 154 valence electrons. The number of unbranched alkanes of at least 4 members (excludes halogenated alkanes) is 6. The quantitative estimate of drug-likeness (QED) is 0.197. The first-order valence-corrected chi connectivity index (χ1v) is 11.9. The molecule has 1 fully saturated rings. The fourth-order valence-corrected chi connectivity index (χ4v) is 4.24. The van der Waals surface area contributed by atoms with Gasteiger partial charge in [-0.2, -0.15) is 0 Å². The summed E-state index contributed by atoms with van der Waals surface area (Å²) in [6.45, 7) is 5.45. The fraction of sp³-hybridized carbons (Fsp3) is 0.958. The highest BCUT2D eigenvalue weighted by Crippen LogP contribution is 2.25. The van der Waals surface area contributed by atoms with Crippen LogP contribution in [0.5, 0.6) is 0 Å². The van der Waals surface area contributed by atoms with Gasteiger partial charge in [-0.25, -0.2) is 0 Å². The van der Waals surface area contributed by atoms with Crippen molar-refractivity contribution >= 4 is 6.29 Å². The minimum absolute atomic E-state index is 0.277. The van der Waals surface area contributed by atoms with Crippen LogP contribution in [0.2, 0.25) is 0 Å². The van der Waals surface area contributed by atoms with Crippen molar-refractivity contribution in [1.82, 2.24) is 0 Å². The van der Waals surface area contributed by atoms with Crippen molar-refractivity contribution in [1.29, 1.82) is 0 Å². The number of aldehydes is 1. The number of carbonyl (C=O) groups excluding carboxylic acids is 1. The molecule has 0 amide bonds. The lowest BCUT2D eigenvalue weighted by Gasteiger charge is -2.26. The summed E-state index contributed by atoms with van der Waals surface area (Å²) >= 11 is 0. The summed E-state index contributed by atoms with van der Waals surface area (Å²) in [6.07, 6.45) is 23.4. The van der Waals surface area contributed by atoms with Gasteiger partial charge in [-0.05, 0) is 44.4 Å². The number of hydrogen-bond donors (Lipinski definition) is 0. The summed E-state index contributed by atoms with van der Waals surface area (Å²) in [7, 11) is 0. The standard InChI is InChI=1S/C24H46O2/c1-3-5-7-10-14-22(20-25)18-19-23(15-11-8-6-4-2)21-26-24-16-12-9-13-17-24/h20,22-24H,3-19,21H2,1-2H3. The molecular formula is C24H46O2. The molecule has 0 N–H and O–H groups in total. The Labute approximate surface area is 163 Å². The Kier molecular flexibility index (Phi) is 15.3. The van der Waals surface area contributed by atoms with E-state index in [2.05, 4.69) is 13.8 Å². The van der Waals surface area contributed by atoms with Gasteiger partial charge in [-0.1, -0.05) is 84.5 Å². The molecule has 0 saturated heterocycles. The lowest BCUT2D eigenvalue weighted by Crippen LogP contribution is -2.21. The van der Waals surface area contributed by atoms with Gasteiger partial charge in [0.2, 0.25) is 0 Å². The number of hydrogen-bond acceptors (Lipinski definition) is 2. The molecule has 0 aromatic carbocycles. The maximum Gasteiger partial charge on any atom is 0.123 e. The van der Waals surface area contributed by atoms with E-state index in [-0.39, 0.29) is 5.92 Å². The SMILES string of the molecule is CCCCCCC(C=O)CCC(CCCCCC)COC1CCCCC1. The van der Waals surface area contributed by atoms with E-state index in [1.165, 1.54) is 103 Å². The molecule has 2 nitrogen and oxygen atoms in total. The zero-order valence-corrected chi connectivity index (χ0v) is 17.9. The van der Waals surface area contributed by atoms with E-state index in [1.54, 1.807) is 0 Å². The predicted molar refractivity (Wildman–Crippen MR) is 113 cm³/mol. The second kappa shape index (κ2) is 16.8. The van der Waals surface area contributed by atoms with Crippen molar-refractivity contribution in [2.75, 3.05) is 6.61 Å². The first kappa shape index (κ1) is 23.7. The Morgan fingerprint density at radius 3 is 2.08 bits per heavy atom. The molecule has 1 aliphatic rings. The first-order valence-electron chi connectivity index (χ1n) is 11.9. The summed E-state index contributed by atoms with van der Waals surface area (Å²) in [6, 6.07) is 0. The van der Waals surface area contributed by atoms with Crippen molar-refractivity contribution in [3.63, 3.8) is 0 Å². The van der Waals surface area contributed by atoms with E-state index in [0.717, 1.165) is 19.4 Å². The van der Waals surface area contributed by atoms with Crippen LogP contribution in [0.15, 0.2) is 0 Å². The molecule has 0 spiro atoms. The molecule has 0 heterocycles. The van der Waals surface area contributed by atoms with Crippen LogP contribution in [0, 0.1) is 11.8 Å². The Hall–Kier alpha value is -0.370. The van der Waals surface area contributed by atoms with Gasteiger partial charge in [0.1, 0.15) is 6.29 Å². The van der Waals surface area contributed by atoms with Gasteiger partial charge in [0.15, 0.2) is 0 Å². The molecule has 1 saturated carbocycles. The molecule has 1 rings (SSSR count). The monoisotopic (exact) mass is 366 g/mol. The fourth-order valence-electron chi connectivity index (χ4n) is 4.24.